The fourth-order valence-electron chi connectivity index (χ4n) is 1.96. The monoisotopic (exact) mass is 272 g/mol. The molecule has 0 heterocycles. The number of carbonyl (C=O) groups is 2. The zero-order chi connectivity index (χ0) is 15.0. The summed E-state index contributed by atoms with van der Waals surface area (Å²) >= 11 is 0. The van der Waals surface area contributed by atoms with Gasteiger partial charge in [-0.25, -0.2) is 0 Å². The maximum atomic E-state index is 12.2. The van der Waals surface area contributed by atoms with E-state index in [1.807, 2.05) is 20.8 Å². The number of carboxylic acid groups (broad SMARTS) is 1. The van der Waals surface area contributed by atoms with E-state index in [0.29, 0.717) is 6.54 Å². The number of hydrogen-bond donors (Lipinski definition) is 2. The molecule has 19 heavy (non-hydrogen) atoms. The molecule has 3 unspecified atom stereocenters. The topological polar surface area (TPSA) is 83.6 Å². The Morgan fingerprint density at radius 3 is 2.16 bits per heavy atom. The van der Waals surface area contributed by atoms with Crippen LogP contribution in [0.25, 0.3) is 0 Å². The van der Waals surface area contributed by atoms with Gasteiger partial charge < -0.3 is 15.7 Å². The van der Waals surface area contributed by atoms with Crippen molar-refractivity contribution in [2.75, 3.05) is 13.1 Å². The summed E-state index contributed by atoms with van der Waals surface area (Å²) in [6.45, 7) is 8.19. The maximum Gasteiger partial charge on any atom is 0.308 e. The van der Waals surface area contributed by atoms with Gasteiger partial charge in [0.15, 0.2) is 0 Å². The van der Waals surface area contributed by atoms with E-state index in [2.05, 4.69) is 0 Å². The summed E-state index contributed by atoms with van der Waals surface area (Å²) in [5.41, 5.74) is 5.68. The lowest BCUT2D eigenvalue weighted by Gasteiger charge is -2.26. The molecule has 0 saturated heterocycles. The zero-order valence-corrected chi connectivity index (χ0v) is 12.6. The highest BCUT2D eigenvalue weighted by Crippen LogP contribution is 2.13. The first-order valence-corrected chi connectivity index (χ1v) is 7.06. The van der Waals surface area contributed by atoms with Crippen LogP contribution in [-0.2, 0) is 9.59 Å². The van der Waals surface area contributed by atoms with Gasteiger partial charge in [0.05, 0.1) is 5.92 Å². The number of carbonyl (C=O) groups excluding carboxylic acids is 1. The molecule has 1 amide bonds. The van der Waals surface area contributed by atoms with Crippen LogP contribution in [0.5, 0.6) is 0 Å². The van der Waals surface area contributed by atoms with Gasteiger partial charge in [-0.15, -0.1) is 0 Å². The Hall–Kier alpha value is -1.10. The Kier molecular flexibility index (Phi) is 8.39. The van der Waals surface area contributed by atoms with Gasteiger partial charge in [0.2, 0.25) is 5.91 Å². The molecule has 0 spiro atoms. The second kappa shape index (κ2) is 8.91. The third-order valence-electron chi connectivity index (χ3n) is 3.33. The van der Waals surface area contributed by atoms with Gasteiger partial charge in [0.1, 0.15) is 0 Å². The highest BCUT2D eigenvalue weighted by molar-refractivity contribution is 5.79. The minimum absolute atomic E-state index is 0.0419. The van der Waals surface area contributed by atoms with Gasteiger partial charge in [0, 0.05) is 25.0 Å². The van der Waals surface area contributed by atoms with Crippen LogP contribution in [0.3, 0.4) is 0 Å². The minimum Gasteiger partial charge on any atom is -0.481 e. The summed E-state index contributed by atoms with van der Waals surface area (Å²) in [6, 6.07) is 0.164. The number of nitrogens with zero attached hydrogens (tertiary/aromatic N) is 1. The van der Waals surface area contributed by atoms with E-state index >= 15 is 0 Å². The summed E-state index contributed by atoms with van der Waals surface area (Å²) in [5, 5.41) is 8.90. The van der Waals surface area contributed by atoms with Gasteiger partial charge in [-0.1, -0.05) is 20.3 Å². The molecule has 5 nitrogen and oxygen atoms in total. The summed E-state index contributed by atoms with van der Waals surface area (Å²) < 4.78 is 0. The van der Waals surface area contributed by atoms with Gasteiger partial charge in [-0.2, -0.15) is 0 Å². The lowest BCUT2D eigenvalue weighted by Crippen LogP contribution is -2.39. The normalized spacial score (nSPS) is 15.6. The molecule has 3 atom stereocenters. The van der Waals surface area contributed by atoms with Gasteiger partial charge in [-0.3, -0.25) is 9.59 Å². The van der Waals surface area contributed by atoms with E-state index in [0.717, 1.165) is 19.3 Å². The molecule has 0 radical (unpaired) electrons. The van der Waals surface area contributed by atoms with Crippen LogP contribution >= 0.6 is 0 Å². The van der Waals surface area contributed by atoms with Crippen LogP contribution in [0.4, 0.5) is 0 Å². The van der Waals surface area contributed by atoms with E-state index in [9.17, 15) is 9.59 Å². The highest BCUT2D eigenvalue weighted by Gasteiger charge is 2.23. The maximum absolute atomic E-state index is 12.2. The molecule has 0 saturated carbocycles. The number of rotatable bonds is 9. The standard InChI is InChI=1S/C14H28N2O3/c1-5-16(9-11(3)14(18)19)13(17)10(2)7-6-8-12(4)15/h10-12H,5-9,15H2,1-4H3,(H,18,19). The summed E-state index contributed by atoms with van der Waals surface area (Å²) in [7, 11) is 0. The van der Waals surface area contributed by atoms with Crippen LogP contribution < -0.4 is 5.73 Å². The molecule has 0 aromatic heterocycles. The first-order chi connectivity index (χ1) is 8.79. The average molecular weight is 272 g/mol. The largest absolute Gasteiger partial charge is 0.481 e. The van der Waals surface area contributed by atoms with E-state index < -0.39 is 11.9 Å². The van der Waals surface area contributed by atoms with Gasteiger partial charge >= 0.3 is 5.97 Å². The summed E-state index contributed by atoms with van der Waals surface area (Å²) in [6.07, 6.45) is 2.64. The van der Waals surface area contributed by atoms with E-state index in [1.165, 1.54) is 0 Å². The molecule has 0 aliphatic rings. The Bertz CT molecular complexity index is 292. The Morgan fingerprint density at radius 1 is 1.16 bits per heavy atom. The Balaban J connectivity index is 4.29. The van der Waals surface area contributed by atoms with Crippen LogP contribution in [0.15, 0.2) is 0 Å². The third kappa shape index (κ3) is 7.15. The van der Waals surface area contributed by atoms with Crippen molar-refractivity contribution in [2.45, 2.75) is 53.0 Å². The van der Waals surface area contributed by atoms with Crippen LogP contribution in [0.1, 0.15) is 47.0 Å². The van der Waals surface area contributed by atoms with Crippen LogP contribution in [0, 0.1) is 11.8 Å². The number of carboxylic acids is 1. The molecule has 3 N–H and O–H groups in total. The average Bonchev–Trinajstić information content (AvgIpc) is 2.33. The smallest absolute Gasteiger partial charge is 0.308 e. The van der Waals surface area contributed by atoms with Crippen LogP contribution in [-0.4, -0.2) is 41.0 Å². The first-order valence-electron chi connectivity index (χ1n) is 7.06. The molecule has 5 heteroatoms. The number of nitrogens with two attached hydrogens (primary N) is 1. The van der Waals surface area contributed by atoms with E-state index in [1.54, 1.807) is 11.8 Å². The Morgan fingerprint density at radius 2 is 1.74 bits per heavy atom. The van der Waals surface area contributed by atoms with Crippen molar-refractivity contribution in [2.24, 2.45) is 17.6 Å². The zero-order valence-electron chi connectivity index (χ0n) is 12.6. The molecule has 112 valence electrons. The number of hydrogen-bond acceptors (Lipinski definition) is 3. The first kappa shape index (κ1) is 17.9. The van der Waals surface area contributed by atoms with Gasteiger partial charge in [0.25, 0.3) is 0 Å². The van der Waals surface area contributed by atoms with Crippen molar-refractivity contribution in [1.29, 1.82) is 0 Å². The van der Waals surface area contributed by atoms with Crippen molar-refractivity contribution in [1.82, 2.24) is 4.90 Å². The van der Waals surface area contributed by atoms with Crippen molar-refractivity contribution in [3.8, 4) is 0 Å². The molecular formula is C14H28N2O3. The summed E-state index contributed by atoms with van der Waals surface area (Å²) in [4.78, 5) is 24.7. The molecule has 0 aromatic carbocycles. The lowest BCUT2D eigenvalue weighted by atomic mass is 10.00. The minimum atomic E-state index is -0.865. The molecule has 0 aromatic rings. The highest BCUT2D eigenvalue weighted by atomic mass is 16.4. The quantitative estimate of drug-likeness (QED) is 0.669. The SMILES string of the molecule is CCN(CC(C)C(=O)O)C(=O)C(C)CCCC(C)N. The second-order valence-corrected chi connectivity index (χ2v) is 5.43. The lowest BCUT2D eigenvalue weighted by molar-refractivity contribution is -0.143. The van der Waals surface area contributed by atoms with E-state index in [-0.39, 0.29) is 24.4 Å². The fourth-order valence-corrected chi connectivity index (χ4v) is 1.96. The van der Waals surface area contributed by atoms with Crippen molar-refractivity contribution in [3.63, 3.8) is 0 Å². The third-order valence-corrected chi connectivity index (χ3v) is 3.33. The molecule has 0 aliphatic heterocycles. The molecule has 0 bridgehead atoms. The van der Waals surface area contributed by atoms with Gasteiger partial charge in [-0.05, 0) is 26.7 Å². The van der Waals surface area contributed by atoms with E-state index in [4.69, 9.17) is 10.8 Å². The van der Waals surface area contributed by atoms with Crippen LogP contribution in [0.2, 0.25) is 0 Å². The molecule has 0 aliphatic carbocycles. The predicted octanol–water partition coefficient (Wildman–Crippen LogP) is 1.71. The summed E-state index contributed by atoms with van der Waals surface area (Å²) in [5.74, 6) is -1.42. The Labute approximate surface area is 116 Å². The molecule has 0 fully saturated rings. The number of aliphatic carboxylic acids is 1. The fraction of sp³-hybridized carbons (Fsp3) is 0.857. The van der Waals surface area contributed by atoms with Crippen molar-refractivity contribution in [3.05, 3.63) is 0 Å². The predicted molar refractivity (Wildman–Crippen MR) is 75.7 cm³/mol. The molecular weight excluding hydrogens is 244 g/mol. The van der Waals surface area contributed by atoms with Crippen molar-refractivity contribution >= 4 is 11.9 Å². The molecule has 0 rings (SSSR count). The second-order valence-electron chi connectivity index (χ2n) is 5.43. The number of amides is 1. The van der Waals surface area contributed by atoms with Crippen molar-refractivity contribution < 1.29 is 14.7 Å².